The molecule has 13 heteroatoms. The Labute approximate surface area is 200 Å². The lowest BCUT2D eigenvalue weighted by Gasteiger charge is -2.29. The van der Waals surface area contributed by atoms with Crippen molar-refractivity contribution in [2.45, 2.75) is 58.0 Å². The van der Waals surface area contributed by atoms with E-state index in [4.69, 9.17) is 5.73 Å². The highest BCUT2D eigenvalue weighted by molar-refractivity contribution is 7.89. The number of aromatic nitrogens is 1. The van der Waals surface area contributed by atoms with Gasteiger partial charge in [0.05, 0.1) is 11.3 Å². The van der Waals surface area contributed by atoms with E-state index in [1.165, 1.54) is 18.2 Å². The second-order valence-corrected chi connectivity index (χ2v) is 11.4. The minimum atomic E-state index is -4.94. The first-order valence-corrected chi connectivity index (χ1v) is 13.2. The highest BCUT2D eigenvalue weighted by atomic mass is 32.2. The Balaban J connectivity index is 1.63. The van der Waals surface area contributed by atoms with E-state index in [1.54, 1.807) is 0 Å². The number of sulfonamides is 1. The highest BCUT2D eigenvalue weighted by Gasteiger charge is 2.33. The average molecular weight is 521 g/mol. The molecule has 0 radical (unpaired) electrons. The van der Waals surface area contributed by atoms with E-state index in [9.17, 15) is 26.4 Å². The molecule has 34 heavy (non-hydrogen) atoms. The summed E-state index contributed by atoms with van der Waals surface area (Å²) in [6.07, 6.45) is -2.29. The van der Waals surface area contributed by atoms with Gasteiger partial charge in [-0.25, -0.2) is 18.1 Å². The summed E-state index contributed by atoms with van der Waals surface area (Å²) in [5.74, 6) is -1.30. The molecule has 0 amide bonds. The van der Waals surface area contributed by atoms with Gasteiger partial charge in [0.25, 0.3) is 0 Å². The number of carbonyl (C=O) groups excluding carboxylic acids is 1. The number of hydrogen-bond acceptors (Lipinski definition) is 8. The Bertz CT molecular complexity index is 1110. The van der Waals surface area contributed by atoms with Crippen LogP contribution in [-0.2, 0) is 10.0 Å². The predicted molar refractivity (Wildman–Crippen MR) is 125 cm³/mol. The lowest BCUT2D eigenvalue weighted by Crippen LogP contribution is -2.41. The third kappa shape index (κ3) is 7.31. The Hall–Kier alpha value is -2.38. The Morgan fingerprint density at radius 1 is 1.21 bits per heavy atom. The van der Waals surface area contributed by atoms with Crippen LogP contribution < -0.4 is 20.5 Å². The number of hydrogen-bond donors (Lipinski definition) is 3. The van der Waals surface area contributed by atoms with Crippen molar-refractivity contribution >= 4 is 38.1 Å². The van der Waals surface area contributed by atoms with Gasteiger partial charge in [-0.1, -0.05) is 37.3 Å². The van der Waals surface area contributed by atoms with Crippen LogP contribution in [0.3, 0.4) is 0 Å². The molecule has 0 saturated heterocycles. The molecule has 1 saturated carbocycles. The number of nitrogens with zero attached hydrogens (tertiary/aromatic N) is 1. The van der Waals surface area contributed by atoms with Gasteiger partial charge in [0.15, 0.2) is 5.13 Å². The summed E-state index contributed by atoms with van der Waals surface area (Å²) in [4.78, 5) is 17.0. The molecule has 0 atom stereocenters. The number of ketones is 1. The quantitative estimate of drug-likeness (QED) is 0.424. The van der Waals surface area contributed by atoms with Crippen molar-refractivity contribution in [2.75, 3.05) is 16.8 Å². The number of carbonyl (C=O) groups is 1. The van der Waals surface area contributed by atoms with Crippen LogP contribution in [-0.4, -0.2) is 43.4 Å². The maximum Gasteiger partial charge on any atom is 0.573 e. The molecular weight excluding hydrogens is 493 g/mol. The van der Waals surface area contributed by atoms with E-state index in [2.05, 4.69) is 19.8 Å². The fourth-order valence-corrected chi connectivity index (χ4v) is 6.45. The topological polar surface area (TPSA) is 123 Å². The van der Waals surface area contributed by atoms with E-state index in [0.717, 1.165) is 17.4 Å². The van der Waals surface area contributed by atoms with Crippen LogP contribution in [0.5, 0.6) is 5.75 Å². The van der Waals surface area contributed by atoms with E-state index >= 15 is 0 Å². The monoisotopic (exact) mass is 520 g/mol. The Morgan fingerprint density at radius 3 is 2.44 bits per heavy atom. The Morgan fingerprint density at radius 2 is 1.82 bits per heavy atom. The summed E-state index contributed by atoms with van der Waals surface area (Å²) in [6.45, 7) is 3.70. The number of benzene rings is 1. The molecule has 2 aromatic rings. The van der Waals surface area contributed by atoms with E-state index in [1.807, 2.05) is 13.8 Å². The van der Waals surface area contributed by atoms with E-state index in [-0.39, 0.29) is 40.0 Å². The number of halogens is 3. The van der Waals surface area contributed by atoms with Gasteiger partial charge in [0.1, 0.15) is 16.4 Å². The lowest BCUT2D eigenvalue weighted by atomic mass is 9.92. The van der Waals surface area contributed by atoms with Crippen molar-refractivity contribution in [3.8, 4) is 5.75 Å². The fraction of sp³-hybridized carbons (Fsp3) is 0.524. The van der Waals surface area contributed by atoms with Gasteiger partial charge < -0.3 is 15.8 Å². The number of para-hydroxylation sites is 1. The highest BCUT2D eigenvalue weighted by Crippen LogP contribution is 2.34. The largest absolute Gasteiger partial charge is 0.573 e. The summed E-state index contributed by atoms with van der Waals surface area (Å²) in [5.41, 5.74) is 5.62. The molecule has 1 heterocycles. The van der Waals surface area contributed by atoms with Crippen molar-refractivity contribution < 1.29 is 31.1 Å². The molecule has 8 nitrogen and oxygen atoms in total. The van der Waals surface area contributed by atoms with Gasteiger partial charge in [-0.15, -0.1) is 13.2 Å². The first-order valence-electron chi connectivity index (χ1n) is 10.8. The standard InChI is InChI=1S/C21H27F3N4O4S2/c1-12(2)11-34(30,31)28-14-9-7-13(8-10-14)26-20-27-19(25)18(33-20)17(29)15-5-3-4-6-16(15)32-21(22,23)24/h3-6,12-14,28H,7-11,25H2,1-2H3,(H,26,27)/t13-,14-. The summed E-state index contributed by atoms with van der Waals surface area (Å²) in [5, 5.41) is 3.58. The van der Waals surface area contributed by atoms with Gasteiger partial charge in [-0.3, -0.25) is 4.79 Å². The molecule has 1 aliphatic carbocycles. The van der Waals surface area contributed by atoms with Crippen LogP contribution in [0.2, 0.25) is 0 Å². The zero-order chi connectivity index (χ0) is 25.1. The van der Waals surface area contributed by atoms with Gasteiger partial charge in [0.2, 0.25) is 15.8 Å². The van der Waals surface area contributed by atoms with Crippen molar-refractivity contribution in [3.05, 3.63) is 34.7 Å². The number of alkyl halides is 3. The SMILES string of the molecule is CC(C)CS(=O)(=O)N[C@H]1CC[C@H](Nc2nc(N)c(C(=O)c3ccccc3OC(F)(F)F)s2)CC1. The third-order valence-corrected chi connectivity index (χ3v) is 7.97. The van der Waals surface area contributed by atoms with Gasteiger partial charge in [-0.2, -0.15) is 0 Å². The zero-order valence-corrected chi connectivity index (χ0v) is 20.3. The molecule has 0 aliphatic heterocycles. The molecule has 1 aliphatic rings. The lowest BCUT2D eigenvalue weighted by molar-refractivity contribution is -0.274. The molecule has 1 fully saturated rings. The maximum absolute atomic E-state index is 12.9. The van der Waals surface area contributed by atoms with Crippen molar-refractivity contribution in [2.24, 2.45) is 5.92 Å². The normalized spacial score (nSPS) is 19.2. The molecule has 1 aromatic heterocycles. The molecule has 188 valence electrons. The van der Waals surface area contributed by atoms with Gasteiger partial charge in [-0.05, 0) is 43.7 Å². The second-order valence-electron chi connectivity index (χ2n) is 8.59. The van der Waals surface area contributed by atoms with Crippen molar-refractivity contribution in [1.29, 1.82) is 0 Å². The molecule has 0 bridgehead atoms. The zero-order valence-electron chi connectivity index (χ0n) is 18.7. The van der Waals surface area contributed by atoms with Gasteiger partial charge >= 0.3 is 6.36 Å². The molecule has 4 N–H and O–H groups in total. The number of nitrogen functional groups attached to an aromatic ring is 1. The smallest absolute Gasteiger partial charge is 0.405 e. The van der Waals surface area contributed by atoms with Crippen LogP contribution in [0.15, 0.2) is 24.3 Å². The summed E-state index contributed by atoms with van der Waals surface area (Å²) >= 11 is 0.955. The van der Waals surface area contributed by atoms with E-state index in [0.29, 0.717) is 30.8 Å². The molecule has 0 unspecified atom stereocenters. The number of nitrogens with one attached hydrogen (secondary N) is 2. The number of anilines is 2. The van der Waals surface area contributed by atoms with Gasteiger partial charge in [0, 0.05) is 12.1 Å². The summed E-state index contributed by atoms with van der Waals surface area (Å²) < 4.78 is 69.1. The summed E-state index contributed by atoms with van der Waals surface area (Å²) in [7, 11) is -3.33. The van der Waals surface area contributed by atoms with Crippen molar-refractivity contribution in [1.82, 2.24) is 9.71 Å². The Kier molecular flexibility index (Phi) is 8.09. The second kappa shape index (κ2) is 10.5. The minimum Gasteiger partial charge on any atom is -0.405 e. The van der Waals surface area contributed by atoms with Crippen LogP contribution in [0.1, 0.15) is 54.8 Å². The van der Waals surface area contributed by atoms with E-state index < -0.39 is 27.9 Å². The first kappa shape index (κ1) is 26.2. The van der Waals surface area contributed by atoms with Crippen LogP contribution >= 0.6 is 11.3 Å². The first-order chi connectivity index (χ1) is 15.8. The van der Waals surface area contributed by atoms with Crippen LogP contribution in [0, 0.1) is 5.92 Å². The number of thiazole rings is 1. The van der Waals surface area contributed by atoms with Crippen LogP contribution in [0.4, 0.5) is 24.1 Å². The molecule has 0 spiro atoms. The number of ether oxygens (including phenoxy) is 1. The third-order valence-electron chi connectivity index (χ3n) is 5.17. The summed E-state index contributed by atoms with van der Waals surface area (Å²) in [6, 6.07) is 4.92. The average Bonchev–Trinajstić information content (AvgIpc) is 3.07. The van der Waals surface area contributed by atoms with Crippen LogP contribution in [0.25, 0.3) is 0 Å². The molecule has 1 aromatic carbocycles. The molecular formula is C21H27F3N4O4S2. The predicted octanol–water partition coefficient (Wildman–Crippen LogP) is 4.15. The minimum absolute atomic E-state index is 0.000189. The van der Waals surface area contributed by atoms with Crippen molar-refractivity contribution in [3.63, 3.8) is 0 Å². The maximum atomic E-state index is 12.9. The number of nitrogens with two attached hydrogens (primary N) is 1. The molecule has 3 rings (SSSR count). The fourth-order valence-electron chi connectivity index (χ4n) is 3.82. The number of rotatable bonds is 9.